The van der Waals surface area contributed by atoms with E-state index in [0.717, 1.165) is 19.3 Å². The molecule has 0 spiro atoms. The molecule has 2 rings (SSSR count). The molecule has 0 aliphatic heterocycles. The lowest BCUT2D eigenvalue weighted by molar-refractivity contribution is 0.0952. The fraction of sp³-hybridized carbons (Fsp3) is 0.625. The summed E-state index contributed by atoms with van der Waals surface area (Å²) < 4.78 is 28.5. The average Bonchev–Trinajstić information content (AvgIpc) is 2.40. The van der Waals surface area contributed by atoms with Crippen LogP contribution < -0.4 is 11.3 Å². The molecule has 2 atom stereocenters. The number of rotatable bonds is 3. The Morgan fingerprint density at radius 2 is 2.00 bits per heavy atom. The summed E-state index contributed by atoms with van der Waals surface area (Å²) in [6.45, 7) is 5.97. The zero-order chi connectivity index (χ0) is 14.9. The van der Waals surface area contributed by atoms with Crippen molar-refractivity contribution in [1.82, 2.24) is 5.43 Å². The van der Waals surface area contributed by atoms with Gasteiger partial charge in [0.25, 0.3) is 0 Å². The smallest absolute Gasteiger partial charge is 0.133 e. The van der Waals surface area contributed by atoms with Crippen molar-refractivity contribution < 1.29 is 8.78 Å². The van der Waals surface area contributed by atoms with Crippen LogP contribution in [0.1, 0.15) is 56.7 Å². The van der Waals surface area contributed by atoms with Gasteiger partial charge in [-0.05, 0) is 42.7 Å². The van der Waals surface area contributed by atoms with E-state index in [1.54, 1.807) is 6.92 Å². The van der Waals surface area contributed by atoms with Gasteiger partial charge >= 0.3 is 0 Å². The molecule has 0 saturated heterocycles. The van der Waals surface area contributed by atoms with E-state index in [4.69, 9.17) is 5.84 Å². The van der Waals surface area contributed by atoms with Crippen LogP contribution in [0, 0.1) is 29.9 Å². The lowest BCUT2D eigenvalue weighted by atomic mass is 9.65. The van der Waals surface area contributed by atoms with Crippen LogP contribution >= 0.6 is 0 Å². The quantitative estimate of drug-likeness (QED) is 0.649. The van der Waals surface area contributed by atoms with Crippen molar-refractivity contribution in [1.29, 1.82) is 0 Å². The first kappa shape index (κ1) is 15.4. The lowest BCUT2D eigenvalue weighted by Gasteiger charge is -2.43. The fourth-order valence-corrected chi connectivity index (χ4v) is 3.50. The third kappa shape index (κ3) is 2.72. The van der Waals surface area contributed by atoms with Gasteiger partial charge in [-0.2, -0.15) is 0 Å². The summed E-state index contributed by atoms with van der Waals surface area (Å²) in [6.07, 6.45) is 4.25. The Balaban J connectivity index is 2.45. The normalized spacial score (nSPS) is 23.6. The van der Waals surface area contributed by atoms with Crippen LogP contribution in [0.15, 0.2) is 12.1 Å². The molecule has 0 bridgehead atoms. The molecule has 0 heterocycles. The molecule has 1 saturated carbocycles. The molecule has 1 aromatic carbocycles. The van der Waals surface area contributed by atoms with Gasteiger partial charge in [0.15, 0.2) is 0 Å². The van der Waals surface area contributed by atoms with E-state index < -0.39 is 17.7 Å². The number of benzene rings is 1. The number of nitrogens with two attached hydrogens (primary N) is 1. The van der Waals surface area contributed by atoms with Crippen LogP contribution in [0.25, 0.3) is 0 Å². The molecule has 4 heteroatoms. The predicted octanol–water partition coefficient (Wildman–Crippen LogP) is 3.99. The molecule has 2 unspecified atom stereocenters. The summed E-state index contributed by atoms with van der Waals surface area (Å²) in [7, 11) is 0. The predicted molar refractivity (Wildman–Crippen MR) is 76.9 cm³/mol. The third-order valence-electron chi connectivity index (χ3n) is 4.80. The maximum absolute atomic E-state index is 14.4. The summed E-state index contributed by atoms with van der Waals surface area (Å²) >= 11 is 0. The minimum atomic E-state index is -0.516. The van der Waals surface area contributed by atoms with E-state index >= 15 is 0 Å². The molecule has 1 aliphatic carbocycles. The van der Waals surface area contributed by atoms with Crippen LogP contribution in [0.4, 0.5) is 8.78 Å². The van der Waals surface area contributed by atoms with Crippen molar-refractivity contribution in [3.8, 4) is 0 Å². The Kier molecular flexibility index (Phi) is 4.45. The Morgan fingerprint density at radius 3 is 2.60 bits per heavy atom. The Hall–Kier alpha value is -1.00. The molecule has 2 nitrogen and oxygen atoms in total. The summed E-state index contributed by atoms with van der Waals surface area (Å²) in [6, 6.07) is 2.31. The maximum atomic E-state index is 14.4. The topological polar surface area (TPSA) is 38.0 Å². The van der Waals surface area contributed by atoms with Gasteiger partial charge < -0.3 is 0 Å². The van der Waals surface area contributed by atoms with Crippen molar-refractivity contribution in [2.45, 2.75) is 52.5 Å². The second-order valence-electron chi connectivity index (χ2n) is 6.58. The van der Waals surface area contributed by atoms with E-state index in [-0.39, 0.29) is 16.9 Å². The highest BCUT2D eigenvalue weighted by molar-refractivity contribution is 5.30. The molecule has 0 aromatic heterocycles. The first-order valence-corrected chi connectivity index (χ1v) is 7.29. The molecule has 20 heavy (non-hydrogen) atoms. The second kappa shape index (κ2) is 5.78. The van der Waals surface area contributed by atoms with Crippen molar-refractivity contribution in [2.24, 2.45) is 17.2 Å². The number of halogens is 2. The maximum Gasteiger partial charge on any atom is 0.133 e. The van der Waals surface area contributed by atoms with Crippen LogP contribution in [-0.2, 0) is 0 Å². The van der Waals surface area contributed by atoms with Gasteiger partial charge in [-0.25, -0.2) is 8.78 Å². The summed E-state index contributed by atoms with van der Waals surface area (Å²) in [4.78, 5) is 0. The largest absolute Gasteiger partial charge is 0.271 e. The number of hydrogen-bond acceptors (Lipinski definition) is 2. The minimum absolute atomic E-state index is 0.0257. The van der Waals surface area contributed by atoms with Crippen LogP contribution in [-0.4, -0.2) is 0 Å². The fourth-order valence-electron chi connectivity index (χ4n) is 3.50. The monoisotopic (exact) mass is 282 g/mol. The summed E-state index contributed by atoms with van der Waals surface area (Å²) in [5.41, 5.74) is 3.24. The zero-order valence-electron chi connectivity index (χ0n) is 12.5. The van der Waals surface area contributed by atoms with Crippen LogP contribution in [0.2, 0.25) is 0 Å². The van der Waals surface area contributed by atoms with Crippen molar-refractivity contribution >= 4 is 0 Å². The number of nitrogens with one attached hydrogen (secondary N) is 1. The lowest BCUT2D eigenvalue weighted by Crippen LogP contribution is -2.42. The molecule has 1 aromatic rings. The summed E-state index contributed by atoms with van der Waals surface area (Å²) in [5.74, 6) is 4.80. The standard InChI is InChI=1S/C16H24F2N2/c1-10-7-8-12(17)13(14(10)18)15(20-19)11-6-4-5-9-16(11,2)3/h7-8,11,15,20H,4-6,9,19H2,1-3H3. The molecular weight excluding hydrogens is 258 g/mol. The van der Waals surface area contributed by atoms with E-state index in [1.165, 1.54) is 18.6 Å². The van der Waals surface area contributed by atoms with E-state index in [1.807, 2.05) is 0 Å². The minimum Gasteiger partial charge on any atom is -0.271 e. The number of hydrogen-bond donors (Lipinski definition) is 2. The zero-order valence-corrected chi connectivity index (χ0v) is 12.5. The van der Waals surface area contributed by atoms with E-state index in [9.17, 15) is 8.78 Å². The van der Waals surface area contributed by atoms with Gasteiger partial charge in [0, 0.05) is 5.56 Å². The second-order valence-corrected chi connectivity index (χ2v) is 6.58. The van der Waals surface area contributed by atoms with Gasteiger partial charge in [0.2, 0.25) is 0 Å². The van der Waals surface area contributed by atoms with E-state index in [0.29, 0.717) is 5.56 Å². The van der Waals surface area contributed by atoms with Crippen LogP contribution in [0.5, 0.6) is 0 Å². The number of aryl methyl sites for hydroxylation is 1. The third-order valence-corrected chi connectivity index (χ3v) is 4.80. The first-order chi connectivity index (χ1) is 9.38. The molecular formula is C16H24F2N2. The van der Waals surface area contributed by atoms with Gasteiger partial charge in [-0.3, -0.25) is 11.3 Å². The average molecular weight is 282 g/mol. The van der Waals surface area contributed by atoms with E-state index in [2.05, 4.69) is 19.3 Å². The summed E-state index contributed by atoms with van der Waals surface area (Å²) in [5, 5.41) is 0. The highest BCUT2D eigenvalue weighted by Crippen LogP contribution is 2.47. The Morgan fingerprint density at radius 1 is 1.30 bits per heavy atom. The van der Waals surface area contributed by atoms with Gasteiger partial charge in [-0.15, -0.1) is 0 Å². The van der Waals surface area contributed by atoms with Gasteiger partial charge in [-0.1, -0.05) is 32.8 Å². The Labute approximate surface area is 119 Å². The highest BCUT2D eigenvalue weighted by Gasteiger charge is 2.39. The van der Waals surface area contributed by atoms with Gasteiger partial charge in [0.05, 0.1) is 6.04 Å². The molecule has 1 fully saturated rings. The Bertz CT molecular complexity index is 486. The SMILES string of the molecule is Cc1ccc(F)c(C(NN)C2CCCCC2(C)C)c1F. The van der Waals surface area contributed by atoms with Crippen molar-refractivity contribution in [2.75, 3.05) is 0 Å². The molecule has 1 aliphatic rings. The first-order valence-electron chi connectivity index (χ1n) is 7.29. The molecule has 112 valence electrons. The van der Waals surface area contributed by atoms with Crippen LogP contribution in [0.3, 0.4) is 0 Å². The molecule has 3 N–H and O–H groups in total. The van der Waals surface area contributed by atoms with Gasteiger partial charge in [0.1, 0.15) is 11.6 Å². The van der Waals surface area contributed by atoms with Crippen molar-refractivity contribution in [3.63, 3.8) is 0 Å². The number of hydrazine groups is 1. The molecule has 0 amide bonds. The molecule has 0 radical (unpaired) electrons. The highest BCUT2D eigenvalue weighted by atomic mass is 19.1. The van der Waals surface area contributed by atoms with Crippen molar-refractivity contribution in [3.05, 3.63) is 34.9 Å².